The number of piperidine rings is 2. The minimum atomic E-state index is -0.0673. The van der Waals surface area contributed by atoms with Gasteiger partial charge in [0.1, 0.15) is 0 Å². The van der Waals surface area contributed by atoms with Crippen LogP contribution < -0.4 is 0 Å². The highest BCUT2D eigenvalue weighted by Gasteiger charge is 2.49. The fourth-order valence-corrected chi connectivity index (χ4v) is 5.91. The molecule has 0 saturated carbocycles. The van der Waals surface area contributed by atoms with Crippen LogP contribution >= 0.6 is 0 Å². The predicted octanol–water partition coefficient (Wildman–Crippen LogP) is 3.58. The molecule has 2 aromatic heterocycles. The van der Waals surface area contributed by atoms with Gasteiger partial charge in [-0.25, -0.2) is 0 Å². The molecule has 3 aliphatic rings. The van der Waals surface area contributed by atoms with Crippen molar-refractivity contribution in [1.82, 2.24) is 29.9 Å². The highest BCUT2D eigenvalue weighted by Crippen LogP contribution is 2.49. The molecule has 2 amide bonds. The standard InChI is InChI=1S/C27H38N6O3/c1-19(2)24-29-30-25(36-24)22-15-27(18-33(22)17-23(34)31-11-5-4-6-12-31)9-13-32(14-10-27)26(35)21-8-7-20(3)28-16-21/h7-8,16,19,22H,4-6,9-15,17-18H2,1-3H3. The molecular weight excluding hydrogens is 456 g/mol. The Hall–Kier alpha value is -2.81. The first-order valence-corrected chi connectivity index (χ1v) is 13.4. The highest BCUT2D eigenvalue weighted by molar-refractivity contribution is 5.94. The van der Waals surface area contributed by atoms with Gasteiger partial charge in [-0.2, -0.15) is 0 Å². The fraction of sp³-hybridized carbons (Fsp3) is 0.667. The lowest BCUT2D eigenvalue weighted by atomic mass is 9.76. The number of likely N-dealkylation sites (tertiary alicyclic amines) is 3. The van der Waals surface area contributed by atoms with Crippen LogP contribution in [0.3, 0.4) is 0 Å². The molecule has 5 heterocycles. The van der Waals surface area contributed by atoms with Crippen molar-refractivity contribution in [3.63, 3.8) is 0 Å². The molecule has 9 heteroatoms. The maximum absolute atomic E-state index is 13.2. The van der Waals surface area contributed by atoms with Crippen LogP contribution in [0.4, 0.5) is 0 Å². The number of carbonyl (C=O) groups excluding carboxylic acids is 2. The Labute approximate surface area is 213 Å². The van der Waals surface area contributed by atoms with Crippen molar-refractivity contribution in [2.24, 2.45) is 5.41 Å². The molecule has 0 aliphatic carbocycles. The van der Waals surface area contributed by atoms with E-state index in [1.165, 1.54) is 6.42 Å². The number of aryl methyl sites for hydroxylation is 1. The summed E-state index contributed by atoms with van der Waals surface area (Å²) in [6, 6.07) is 3.67. The molecule has 3 aliphatic heterocycles. The van der Waals surface area contributed by atoms with Crippen molar-refractivity contribution in [1.29, 1.82) is 0 Å². The van der Waals surface area contributed by atoms with Gasteiger partial charge in [0.2, 0.25) is 17.7 Å². The summed E-state index contributed by atoms with van der Waals surface area (Å²) in [5.74, 6) is 1.66. The number of hydrogen-bond acceptors (Lipinski definition) is 7. The second-order valence-electron chi connectivity index (χ2n) is 11.2. The summed E-state index contributed by atoms with van der Waals surface area (Å²) >= 11 is 0. The third-order valence-electron chi connectivity index (χ3n) is 8.16. The molecule has 0 bridgehead atoms. The Morgan fingerprint density at radius 1 is 1.06 bits per heavy atom. The zero-order chi connectivity index (χ0) is 25.3. The van der Waals surface area contributed by atoms with E-state index in [9.17, 15) is 9.59 Å². The number of carbonyl (C=O) groups is 2. The van der Waals surface area contributed by atoms with Crippen LogP contribution in [0.2, 0.25) is 0 Å². The first-order chi connectivity index (χ1) is 17.3. The number of amides is 2. The van der Waals surface area contributed by atoms with E-state index in [1.807, 2.05) is 42.7 Å². The van der Waals surface area contributed by atoms with Crippen LogP contribution in [-0.4, -0.2) is 81.0 Å². The number of nitrogens with zero attached hydrogens (tertiary/aromatic N) is 6. The Balaban J connectivity index is 1.30. The average Bonchev–Trinajstić information content (AvgIpc) is 3.51. The zero-order valence-electron chi connectivity index (χ0n) is 21.8. The Morgan fingerprint density at radius 2 is 1.81 bits per heavy atom. The van der Waals surface area contributed by atoms with Crippen molar-refractivity contribution >= 4 is 11.8 Å². The summed E-state index contributed by atoms with van der Waals surface area (Å²) < 4.78 is 6.09. The van der Waals surface area contributed by atoms with E-state index in [2.05, 4.69) is 20.1 Å². The highest BCUT2D eigenvalue weighted by atomic mass is 16.4. The number of rotatable bonds is 5. The van der Waals surface area contributed by atoms with Crippen molar-refractivity contribution in [2.45, 2.75) is 71.3 Å². The summed E-state index contributed by atoms with van der Waals surface area (Å²) in [5, 5.41) is 8.68. The van der Waals surface area contributed by atoms with Gasteiger partial charge in [0.25, 0.3) is 5.91 Å². The molecule has 3 saturated heterocycles. The Kier molecular flexibility index (Phi) is 7.10. The van der Waals surface area contributed by atoms with E-state index in [4.69, 9.17) is 4.42 Å². The first kappa shape index (κ1) is 24.9. The number of hydrogen-bond donors (Lipinski definition) is 0. The van der Waals surface area contributed by atoms with Gasteiger partial charge >= 0.3 is 0 Å². The van der Waals surface area contributed by atoms with Crippen LogP contribution in [-0.2, 0) is 4.79 Å². The van der Waals surface area contributed by atoms with Gasteiger partial charge in [0.15, 0.2) is 0 Å². The minimum absolute atomic E-state index is 0.0294. The largest absolute Gasteiger partial charge is 0.423 e. The third-order valence-corrected chi connectivity index (χ3v) is 8.16. The smallest absolute Gasteiger partial charge is 0.255 e. The van der Waals surface area contributed by atoms with Gasteiger partial charge < -0.3 is 14.2 Å². The SMILES string of the molecule is Cc1ccc(C(=O)N2CCC3(CC2)CC(c2nnc(C(C)C)o2)N(CC(=O)N2CCCCC2)C3)cn1. The van der Waals surface area contributed by atoms with Crippen LogP contribution in [0.5, 0.6) is 0 Å². The number of aromatic nitrogens is 3. The van der Waals surface area contributed by atoms with Crippen molar-refractivity contribution < 1.29 is 14.0 Å². The molecule has 3 fully saturated rings. The zero-order valence-corrected chi connectivity index (χ0v) is 21.8. The lowest BCUT2D eigenvalue weighted by Crippen LogP contribution is -2.46. The van der Waals surface area contributed by atoms with Crippen molar-refractivity contribution in [3.8, 4) is 0 Å². The maximum atomic E-state index is 13.2. The molecule has 36 heavy (non-hydrogen) atoms. The van der Waals surface area contributed by atoms with E-state index >= 15 is 0 Å². The van der Waals surface area contributed by atoms with Gasteiger partial charge in [0.05, 0.1) is 18.2 Å². The Bertz CT molecular complexity index is 1070. The number of pyridine rings is 1. The molecule has 2 aromatic rings. The molecule has 9 nitrogen and oxygen atoms in total. The van der Waals surface area contributed by atoms with Crippen molar-refractivity contribution in [3.05, 3.63) is 41.4 Å². The second kappa shape index (κ2) is 10.3. The van der Waals surface area contributed by atoms with Crippen LogP contribution in [0.25, 0.3) is 0 Å². The molecule has 5 rings (SSSR count). The molecule has 1 spiro atoms. The lowest BCUT2D eigenvalue weighted by Gasteiger charge is -2.39. The molecule has 1 unspecified atom stereocenters. The van der Waals surface area contributed by atoms with E-state index in [0.29, 0.717) is 37.0 Å². The van der Waals surface area contributed by atoms with Gasteiger partial charge in [0, 0.05) is 50.5 Å². The summed E-state index contributed by atoms with van der Waals surface area (Å²) in [5.41, 5.74) is 1.57. The molecule has 0 N–H and O–H groups in total. The Morgan fingerprint density at radius 3 is 2.44 bits per heavy atom. The molecule has 0 aromatic carbocycles. The van der Waals surface area contributed by atoms with Gasteiger partial charge in [-0.3, -0.25) is 19.5 Å². The quantitative estimate of drug-likeness (QED) is 0.627. The van der Waals surface area contributed by atoms with Crippen LogP contribution in [0.15, 0.2) is 22.7 Å². The van der Waals surface area contributed by atoms with Gasteiger partial charge in [-0.15, -0.1) is 10.2 Å². The maximum Gasteiger partial charge on any atom is 0.255 e. The van der Waals surface area contributed by atoms with E-state index in [1.54, 1.807) is 6.20 Å². The summed E-state index contributed by atoms with van der Waals surface area (Å²) in [6.07, 6.45) is 7.70. The third kappa shape index (κ3) is 5.16. The van der Waals surface area contributed by atoms with Crippen LogP contribution in [0.1, 0.15) is 92.2 Å². The first-order valence-electron chi connectivity index (χ1n) is 13.4. The second-order valence-corrected chi connectivity index (χ2v) is 11.2. The van der Waals surface area contributed by atoms with E-state index in [0.717, 1.165) is 57.4 Å². The van der Waals surface area contributed by atoms with Gasteiger partial charge in [-0.05, 0) is 63.0 Å². The predicted molar refractivity (Wildman–Crippen MR) is 134 cm³/mol. The average molecular weight is 495 g/mol. The summed E-state index contributed by atoms with van der Waals surface area (Å²) in [4.78, 5) is 36.7. The van der Waals surface area contributed by atoms with Crippen LogP contribution in [0, 0.1) is 12.3 Å². The van der Waals surface area contributed by atoms with E-state index in [-0.39, 0.29) is 29.2 Å². The van der Waals surface area contributed by atoms with Gasteiger partial charge in [-0.1, -0.05) is 13.8 Å². The minimum Gasteiger partial charge on any atom is -0.423 e. The molecule has 1 atom stereocenters. The lowest BCUT2D eigenvalue weighted by molar-refractivity contribution is -0.133. The summed E-state index contributed by atoms with van der Waals surface area (Å²) in [7, 11) is 0. The molecular formula is C27H38N6O3. The van der Waals surface area contributed by atoms with Crippen molar-refractivity contribution in [2.75, 3.05) is 39.3 Å². The topological polar surface area (TPSA) is 95.7 Å². The summed E-state index contributed by atoms with van der Waals surface area (Å²) in [6.45, 7) is 10.3. The fourth-order valence-electron chi connectivity index (χ4n) is 5.91. The normalized spacial score (nSPS) is 22.5. The van der Waals surface area contributed by atoms with E-state index < -0.39 is 0 Å². The monoisotopic (exact) mass is 494 g/mol. The molecule has 194 valence electrons. The molecule has 0 radical (unpaired) electrons.